The predicted octanol–water partition coefficient (Wildman–Crippen LogP) is 7.29. The Kier molecular flexibility index (Phi) is 8.59. The van der Waals surface area contributed by atoms with E-state index in [0.717, 1.165) is 23.2 Å². The van der Waals surface area contributed by atoms with E-state index in [4.69, 9.17) is 8.83 Å². The first-order chi connectivity index (χ1) is 11.3. The summed E-state index contributed by atoms with van der Waals surface area (Å²) in [5.74, 6) is 1.68. The van der Waals surface area contributed by atoms with E-state index in [1.165, 1.54) is 5.56 Å². The third kappa shape index (κ3) is 5.17. The topological polar surface area (TPSA) is 26.3 Å². The van der Waals surface area contributed by atoms with Crippen LogP contribution in [0.5, 0.6) is 0 Å². The van der Waals surface area contributed by atoms with Crippen LogP contribution in [0.4, 0.5) is 0 Å². The van der Waals surface area contributed by atoms with Crippen molar-refractivity contribution < 1.29 is 8.83 Å². The van der Waals surface area contributed by atoms with Crippen LogP contribution in [0.15, 0.2) is 63.8 Å². The molecule has 1 unspecified atom stereocenters. The molecular weight excluding hydrogens is 284 g/mol. The van der Waals surface area contributed by atoms with Crippen LogP contribution < -0.4 is 0 Å². The number of hydrogen-bond acceptors (Lipinski definition) is 2. The van der Waals surface area contributed by atoms with Crippen LogP contribution in [-0.2, 0) is 0 Å². The Bertz CT molecular complexity index is 658. The van der Waals surface area contributed by atoms with Gasteiger partial charge in [0.1, 0.15) is 11.3 Å². The van der Waals surface area contributed by atoms with Gasteiger partial charge >= 0.3 is 0 Å². The highest BCUT2D eigenvalue weighted by atomic mass is 16.3. The summed E-state index contributed by atoms with van der Waals surface area (Å²) in [5.41, 5.74) is 2.31. The van der Waals surface area contributed by atoms with Gasteiger partial charge in [0.05, 0.1) is 12.5 Å². The highest BCUT2D eigenvalue weighted by Crippen LogP contribution is 2.29. The Morgan fingerprint density at radius 2 is 1.57 bits per heavy atom. The monoisotopic (exact) mass is 312 g/mol. The smallest absolute Gasteiger partial charge is 0.133 e. The Morgan fingerprint density at radius 3 is 2.26 bits per heavy atom. The Balaban J connectivity index is 0.000000190. The van der Waals surface area contributed by atoms with Crippen molar-refractivity contribution in [1.29, 1.82) is 0 Å². The molecule has 2 heterocycles. The minimum Gasteiger partial charge on any atom is -0.465 e. The van der Waals surface area contributed by atoms with Gasteiger partial charge in [0.25, 0.3) is 0 Å². The molecule has 1 aliphatic rings. The van der Waals surface area contributed by atoms with Gasteiger partial charge in [-0.15, -0.1) is 0 Å². The fourth-order valence-corrected chi connectivity index (χ4v) is 2.29. The van der Waals surface area contributed by atoms with E-state index < -0.39 is 0 Å². The van der Waals surface area contributed by atoms with Crippen LogP contribution in [0.3, 0.4) is 0 Å². The highest BCUT2D eigenvalue weighted by Gasteiger charge is 2.13. The molecular formula is C21H28O2. The second-order valence-corrected chi connectivity index (χ2v) is 4.74. The lowest BCUT2D eigenvalue weighted by Crippen LogP contribution is -1.95. The van der Waals surface area contributed by atoms with Gasteiger partial charge in [-0.25, -0.2) is 0 Å². The van der Waals surface area contributed by atoms with Gasteiger partial charge in [-0.2, -0.15) is 0 Å². The standard InChI is InChI=1S/C9H10O.C8H6O.2C2H6/c1-7-3-2-4-9-8(7)5-6-10-9;1-2-4-8-7(3-1)5-6-9-8;2*1-2/h2,4-7H,3H2,1H3;1-6H;2*1-2H3. The summed E-state index contributed by atoms with van der Waals surface area (Å²) in [4.78, 5) is 0. The van der Waals surface area contributed by atoms with E-state index in [2.05, 4.69) is 25.1 Å². The van der Waals surface area contributed by atoms with Crippen LogP contribution in [0.25, 0.3) is 17.0 Å². The lowest BCUT2D eigenvalue weighted by atomic mass is 9.94. The molecule has 3 aromatic rings. The number of fused-ring (bicyclic) bond motifs is 2. The van der Waals surface area contributed by atoms with Crippen molar-refractivity contribution in [2.75, 3.05) is 0 Å². The number of rotatable bonds is 0. The average Bonchev–Trinajstić information content (AvgIpc) is 3.29. The van der Waals surface area contributed by atoms with Gasteiger partial charge in [-0.1, -0.05) is 58.9 Å². The minimum atomic E-state index is 0.638. The van der Waals surface area contributed by atoms with E-state index in [1.807, 2.05) is 58.0 Å². The summed E-state index contributed by atoms with van der Waals surface area (Å²) in [6.07, 6.45) is 8.82. The molecule has 2 aromatic heterocycles. The van der Waals surface area contributed by atoms with E-state index in [9.17, 15) is 0 Å². The molecule has 0 amide bonds. The molecule has 0 spiro atoms. The molecule has 0 saturated carbocycles. The summed E-state index contributed by atoms with van der Waals surface area (Å²) < 4.78 is 10.4. The number of para-hydroxylation sites is 1. The Hall–Kier alpha value is -2.22. The molecule has 4 rings (SSSR count). The second-order valence-electron chi connectivity index (χ2n) is 4.74. The SMILES string of the molecule is CC.CC.CC1CC=Cc2occc21.c1ccc2occc2c1. The van der Waals surface area contributed by atoms with Gasteiger partial charge in [0, 0.05) is 10.9 Å². The highest BCUT2D eigenvalue weighted by molar-refractivity contribution is 5.76. The summed E-state index contributed by atoms with van der Waals surface area (Å²) >= 11 is 0. The second kappa shape index (κ2) is 10.5. The fraction of sp³-hybridized carbons (Fsp3) is 0.333. The maximum atomic E-state index is 5.24. The number of hydrogen-bond donors (Lipinski definition) is 0. The summed E-state index contributed by atoms with van der Waals surface area (Å²) in [6.45, 7) is 10.2. The van der Waals surface area contributed by atoms with E-state index in [1.54, 1.807) is 12.5 Å². The molecule has 2 nitrogen and oxygen atoms in total. The lowest BCUT2D eigenvalue weighted by Gasteiger charge is -2.10. The van der Waals surface area contributed by atoms with Crippen molar-refractivity contribution in [3.63, 3.8) is 0 Å². The quantitative estimate of drug-likeness (QED) is 0.436. The van der Waals surface area contributed by atoms with Crippen molar-refractivity contribution in [2.24, 2.45) is 0 Å². The van der Waals surface area contributed by atoms with E-state index in [0.29, 0.717) is 5.92 Å². The zero-order valence-electron chi connectivity index (χ0n) is 14.9. The van der Waals surface area contributed by atoms with Crippen molar-refractivity contribution in [3.8, 4) is 0 Å². The van der Waals surface area contributed by atoms with Crippen LogP contribution in [0, 0.1) is 0 Å². The molecule has 1 aromatic carbocycles. The Morgan fingerprint density at radius 1 is 0.870 bits per heavy atom. The summed E-state index contributed by atoms with van der Waals surface area (Å²) in [6, 6.07) is 12.0. The number of allylic oxidation sites excluding steroid dienone is 1. The zero-order chi connectivity index (χ0) is 17.1. The molecule has 0 fully saturated rings. The largest absolute Gasteiger partial charge is 0.465 e. The molecule has 0 N–H and O–H groups in total. The predicted molar refractivity (Wildman–Crippen MR) is 99.7 cm³/mol. The van der Waals surface area contributed by atoms with Crippen LogP contribution in [-0.4, -0.2) is 0 Å². The number of benzene rings is 1. The average molecular weight is 312 g/mol. The molecule has 0 radical (unpaired) electrons. The molecule has 0 saturated heterocycles. The van der Waals surface area contributed by atoms with Crippen LogP contribution >= 0.6 is 0 Å². The van der Waals surface area contributed by atoms with Crippen molar-refractivity contribution >= 4 is 17.0 Å². The first kappa shape index (κ1) is 18.8. The Labute approximate surface area is 139 Å². The van der Waals surface area contributed by atoms with Crippen molar-refractivity contribution in [2.45, 2.75) is 47.0 Å². The molecule has 1 atom stereocenters. The van der Waals surface area contributed by atoms with Gasteiger partial charge in [-0.05, 0) is 36.6 Å². The van der Waals surface area contributed by atoms with Crippen LogP contribution in [0.2, 0.25) is 0 Å². The molecule has 1 aliphatic carbocycles. The van der Waals surface area contributed by atoms with Gasteiger partial charge in [0.15, 0.2) is 0 Å². The summed E-state index contributed by atoms with van der Waals surface area (Å²) in [5, 5.41) is 1.16. The first-order valence-corrected chi connectivity index (χ1v) is 8.51. The van der Waals surface area contributed by atoms with Gasteiger partial charge in [0.2, 0.25) is 0 Å². The fourth-order valence-electron chi connectivity index (χ4n) is 2.29. The first-order valence-electron chi connectivity index (χ1n) is 8.51. The van der Waals surface area contributed by atoms with Crippen molar-refractivity contribution in [1.82, 2.24) is 0 Å². The maximum absolute atomic E-state index is 5.24. The summed E-state index contributed by atoms with van der Waals surface area (Å²) in [7, 11) is 0. The maximum Gasteiger partial charge on any atom is 0.133 e. The number of furan rings is 2. The third-order valence-electron chi connectivity index (χ3n) is 3.38. The van der Waals surface area contributed by atoms with Crippen LogP contribution in [0.1, 0.15) is 58.3 Å². The molecule has 0 bridgehead atoms. The molecule has 2 heteroatoms. The third-order valence-corrected chi connectivity index (χ3v) is 3.38. The minimum absolute atomic E-state index is 0.638. The zero-order valence-corrected chi connectivity index (χ0v) is 14.9. The van der Waals surface area contributed by atoms with Gasteiger partial charge in [-0.3, -0.25) is 0 Å². The van der Waals surface area contributed by atoms with Gasteiger partial charge < -0.3 is 8.83 Å². The molecule has 124 valence electrons. The van der Waals surface area contributed by atoms with Crippen molar-refractivity contribution in [3.05, 3.63) is 66.3 Å². The normalized spacial score (nSPS) is 14.4. The van der Waals surface area contributed by atoms with E-state index in [-0.39, 0.29) is 0 Å². The lowest BCUT2D eigenvalue weighted by molar-refractivity contribution is 0.546. The molecule has 0 aliphatic heterocycles. The van der Waals surface area contributed by atoms with E-state index >= 15 is 0 Å². The molecule has 23 heavy (non-hydrogen) atoms.